The van der Waals surface area contributed by atoms with Gasteiger partial charge in [-0.3, -0.25) is 9.71 Å². The summed E-state index contributed by atoms with van der Waals surface area (Å²) in [6.07, 6.45) is 2.52. The van der Waals surface area contributed by atoms with Crippen molar-refractivity contribution in [2.24, 2.45) is 0 Å². The first kappa shape index (κ1) is 21.5. The van der Waals surface area contributed by atoms with Gasteiger partial charge in [-0.2, -0.15) is 10.4 Å². The van der Waals surface area contributed by atoms with E-state index in [0.717, 1.165) is 11.8 Å². The number of benzene rings is 1. The van der Waals surface area contributed by atoms with Gasteiger partial charge < -0.3 is 0 Å². The molecule has 0 aliphatic carbocycles. The molecule has 0 bridgehead atoms. The van der Waals surface area contributed by atoms with E-state index in [1.165, 1.54) is 28.9 Å². The molecule has 3 heterocycles. The minimum atomic E-state index is -3.91. The fraction of sp³-hybridized carbons (Fsp3) is 0.174. The highest BCUT2D eigenvalue weighted by atomic mass is 32.2. The van der Waals surface area contributed by atoms with Crippen LogP contribution >= 0.6 is 0 Å². The number of anilines is 1. The third kappa shape index (κ3) is 4.05. The molecule has 0 fully saturated rings. The Morgan fingerprint density at radius 1 is 1.06 bits per heavy atom. The summed E-state index contributed by atoms with van der Waals surface area (Å²) in [7, 11) is -3.91. The van der Waals surface area contributed by atoms with E-state index in [0.29, 0.717) is 22.3 Å². The number of rotatable bonds is 4. The number of sulfonamides is 1. The second-order valence-corrected chi connectivity index (χ2v) is 10.0. The van der Waals surface area contributed by atoms with Crippen LogP contribution in [0.15, 0.2) is 65.8 Å². The summed E-state index contributed by atoms with van der Waals surface area (Å²) in [4.78, 5) is 3.92. The van der Waals surface area contributed by atoms with Gasteiger partial charge in [0.15, 0.2) is 0 Å². The summed E-state index contributed by atoms with van der Waals surface area (Å²) >= 11 is 0. The average molecular weight is 450 g/mol. The molecule has 4 aromatic rings. The van der Waals surface area contributed by atoms with Gasteiger partial charge in [-0.15, -0.1) is 0 Å². The van der Waals surface area contributed by atoms with Gasteiger partial charge in [0.05, 0.1) is 27.9 Å². The van der Waals surface area contributed by atoms with Crippen molar-refractivity contribution in [2.45, 2.75) is 31.1 Å². The molecule has 0 aliphatic rings. The van der Waals surface area contributed by atoms with Crippen molar-refractivity contribution in [2.75, 3.05) is 4.72 Å². The maximum atomic E-state index is 13.6. The van der Waals surface area contributed by atoms with Crippen LogP contribution in [0.1, 0.15) is 31.9 Å². The number of aromatic nitrogens is 3. The van der Waals surface area contributed by atoms with Crippen LogP contribution in [0.2, 0.25) is 0 Å². The second kappa shape index (κ2) is 7.73. The normalized spacial score (nSPS) is 12.0. The third-order valence-corrected chi connectivity index (χ3v) is 6.38. The smallest absolute Gasteiger partial charge is 0.263 e. The van der Waals surface area contributed by atoms with Gasteiger partial charge in [-0.25, -0.2) is 17.3 Å². The minimum Gasteiger partial charge on any atom is -0.263 e. The zero-order chi connectivity index (χ0) is 23.1. The molecule has 1 aromatic carbocycles. The molecule has 0 amide bonds. The predicted molar refractivity (Wildman–Crippen MR) is 119 cm³/mol. The lowest BCUT2D eigenvalue weighted by molar-refractivity contribution is 0.587. The van der Waals surface area contributed by atoms with Crippen molar-refractivity contribution in [3.8, 4) is 17.3 Å². The molecule has 32 heavy (non-hydrogen) atoms. The Morgan fingerprint density at radius 3 is 2.41 bits per heavy atom. The lowest BCUT2D eigenvalue weighted by Crippen LogP contribution is -2.17. The standard InChI is InChI=1S/C23H20FN5O2S/c1-23(2,3)17-5-7-19(8-6-17)32(30,31)28-22-9-4-15(12-25)21-11-20(27-29(21)22)16-10-18(24)14-26-13-16/h4-11,13-14,28H,1-3H3. The highest BCUT2D eigenvalue weighted by Gasteiger charge is 2.20. The van der Waals surface area contributed by atoms with E-state index >= 15 is 0 Å². The van der Waals surface area contributed by atoms with Crippen molar-refractivity contribution < 1.29 is 12.8 Å². The minimum absolute atomic E-state index is 0.102. The van der Waals surface area contributed by atoms with E-state index in [4.69, 9.17) is 0 Å². The van der Waals surface area contributed by atoms with Crippen molar-refractivity contribution in [1.82, 2.24) is 14.6 Å². The van der Waals surface area contributed by atoms with Gasteiger partial charge in [0, 0.05) is 11.8 Å². The maximum absolute atomic E-state index is 13.6. The zero-order valence-electron chi connectivity index (χ0n) is 17.7. The molecule has 4 rings (SSSR count). The molecule has 9 heteroatoms. The van der Waals surface area contributed by atoms with E-state index in [-0.39, 0.29) is 16.1 Å². The summed E-state index contributed by atoms with van der Waals surface area (Å²) < 4.78 is 43.5. The summed E-state index contributed by atoms with van der Waals surface area (Å²) in [5, 5.41) is 13.8. The monoisotopic (exact) mass is 449 g/mol. The third-order valence-electron chi connectivity index (χ3n) is 5.01. The maximum Gasteiger partial charge on any atom is 0.263 e. The van der Waals surface area contributed by atoms with Crippen LogP contribution in [0.4, 0.5) is 10.2 Å². The number of pyridine rings is 2. The zero-order valence-corrected chi connectivity index (χ0v) is 18.5. The molecule has 0 saturated heterocycles. The molecule has 0 saturated carbocycles. The molecular weight excluding hydrogens is 429 g/mol. The van der Waals surface area contributed by atoms with E-state index < -0.39 is 15.8 Å². The Hall–Kier alpha value is -3.77. The number of hydrogen-bond donors (Lipinski definition) is 1. The molecule has 0 spiro atoms. The molecule has 1 N–H and O–H groups in total. The quantitative estimate of drug-likeness (QED) is 0.494. The topological polar surface area (TPSA) is 100 Å². The van der Waals surface area contributed by atoms with Crippen molar-refractivity contribution in [3.63, 3.8) is 0 Å². The van der Waals surface area contributed by atoms with Gasteiger partial charge in [0.1, 0.15) is 17.7 Å². The first-order valence-corrected chi connectivity index (χ1v) is 11.2. The lowest BCUT2D eigenvalue weighted by atomic mass is 9.87. The van der Waals surface area contributed by atoms with Crippen LogP contribution in [0.25, 0.3) is 16.8 Å². The highest BCUT2D eigenvalue weighted by Crippen LogP contribution is 2.27. The highest BCUT2D eigenvalue weighted by molar-refractivity contribution is 7.92. The van der Waals surface area contributed by atoms with Crippen molar-refractivity contribution in [3.05, 3.63) is 77.9 Å². The van der Waals surface area contributed by atoms with Crippen LogP contribution < -0.4 is 4.72 Å². The lowest BCUT2D eigenvalue weighted by Gasteiger charge is -2.19. The van der Waals surface area contributed by atoms with Gasteiger partial charge in [0.25, 0.3) is 10.0 Å². The SMILES string of the molecule is CC(C)(C)c1ccc(S(=O)(=O)Nc2ccc(C#N)c3cc(-c4cncc(F)c4)nn23)cc1. The predicted octanol–water partition coefficient (Wildman–Crippen LogP) is 4.51. The summed E-state index contributed by atoms with van der Waals surface area (Å²) in [6, 6.07) is 14.6. The molecule has 0 radical (unpaired) electrons. The Labute approximate surface area is 185 Å². The molecule has 0 unspecified atom stereocenters. The van der Waals surface area contributed by atoms with Crippen molar-refractivity contribution >= 4 is 21.4 Å². The van der Waals surface area contributed by atoms with E-state index in [2.05, 4.69) is 20.9 Å². The first-order valence-electron chi connectivity index (χ1n) is 9.76. The van der Waals surface area contributed by atoms with Crippen LogP contribution in [0.5, 0.6) is 0 Å². The summed E-state index contributed by atoms with van der Waals surface area (Å²) in [6.45, 7) is 6.14. The fourth-order valence-corrected chi connectivity index (χ4v) is 4.31. The number of fused-ring (bicyclic) bond motifs is 1. The number of halogens is 1. The van der Waals surface area contributed by atoms with Gasteiger partial charge >= 0.3 is 0 Å². The largest absolute Gasteiger partial charge is 0.263 e. The first-order chi connectivity index (χ1) is 15.1. The fourth-order valence-electron chi connectivity index (χ4n) is 3.27. The van der Waals surface area contributed by atoms with Crippen LogP contribution in [0.3, 0.4) is 0 Å². The molecule has 162 valence electrons. The average Bonchev–Trinajstić information content (AvgIpc) is 3.19. The van der Waals surface area contributed by atoms with Crippen LogP contribution in [-0.4, -0.2) is 23.0 Å². The number of hydrogen-bond acceptors (Lipinski definition) is 5. The van der Waals surface area contributed by atoms with E-state index in [1.807, 2.05) is 20.8 Å². The Kier molecular flexibility index (Phi) is 5.18. The Morgan fingerprint density at radius 2 is 1.78 bits per heavy atom. The van der Waals surface area contributed by atoms with Crippen LogP contribution in [0, 0.1) is 17.1 Å². The van der Waals surface area contributed by atoms with Crippen LogP contribution in [-0.2, 0) is 15.4 Å². The molecule has 0 atom stereocenters. The summed E-state index contributed by atoms with van der Waals surface area (Å²) in [5.41, 5.74) is 2.35. The summed E-state index contributed by atoms with van der Waals surface area (Å²) in [5.74, 6) is -0.380. The van der Waals surface area contributed by atoms with Gasteiger partial charge in [-0.05, 0) is 47.4 Å². The number of nitrogens with one attached hydrogen (secondary N) is 1. The molecule has 3 aromatic heterocycles. The van der Waals surface area contributed by atoms with Crippen molar-refractivity contribution in [1.29, 1.82) is 5.26 Å². The molecular formula is C23H20FN5O2S. The second-order valence-electron chi connectivity index (χ2n) is 8.34. The van der Waals surface area contributed by atoms with E-state index in [9.17, 15) is 18.1 Å². The van der Waals surface area contributed by atoms with E-state index in [1.54, 1.807) is 30.3 Å². The molecule has 7 nitrogen and oxygen atoms in total. The Balaban J connectivity index is 1.77. The van der Waals surface area contributed by atoms with Gasteiger partial charge in [-0.1, -0.05) is 32.9 Å². The number of nitrogens with zero attached hydrogens (tertiary/aromatic N) is 4. The number of nitriles is 1. The Bertz CT molecular complexity index is 1460. The van der Waals surface area contributed by atoms with Gasteiger partial charge in [0.2, 0.25) is 0 Å². The molecule has 0 aliphatic heterocycles.